The van der Waals surface area contributed by atoms with Crippen molar-refractivity contribution in [3.63, 3.8) is 0 Å². The van der Waals surface area contributed by atoms with Gasteiger partial charge in [-0.05, 0) is 28.1 Å². The highest BCUT2D eigenvalue weighted by atomic mass is 79.9. The Bertz CT molecular complexity index is 674. The summed E-state index contributed by atoms with van der Waals surface area (Å²) in [6.45, 7) is 0. The van der Waals surface area contributed by atoms with E-state index in [4.69, 9.17) is 16.7 Å². The standard InChI is InChI=1S/C13H6BrClF2O2/c14-9-5-4-7(12(17)10(9)15)6-2-1-3-8(11(6)16)13(18)19/h1-5H,(H,18,19). The summed E-state index contributed by atoms with van der Waals surface area (Å²) < 4.78 is 28.3. The molecule has 0 bridgehead atoms. The second-order valence-corrected chi connectivity index (χ2v) is 4.93. The summed E-state index contributed by atoms with van der Waals surface area (Å²) in [5.74, 6) is -3.22. The average molecular weight is 348 g/mol. The van der Waals surface area contributed by atoms with Gasteiger partial charge in [-0.2, -0.15) is 0 Å². The van der Waals surface area contributed by atoms with Crippen molar-refractivity contribution in [2.24, 2.45) is 0 Å². The highest BCUT2D eigenvalue weighted by Crippen LogP contribution is 2.34. The number of halogens is 4. The van der Waals surface area contributed by atoms with Gasteiger partial charge in [0, 0.05) is 15.6 Å². The second-order valence-electron chi connectivity index (χ2n) is 3.70. The van der Waals surface area contributed by atoms with Crippen molar-refractivity contribution in [3.8, 4) is 11.1 Å². The molecule has 0 atom stereocenters. The van der Waals surface area contributed by atoms with Crippen LogP contribution in [0.1, 0.15) is 10.4 Å². The van der Waals surface area contributed by atoms with Crippen LogP contribution in [-0.4, -0.2) is 11.1 Å². The van der Waals surface area contributed by atoms with Gasteiger partial charge >= 0.3 is 5.97 Å². The number of carboxylic acids is 1. The minimum Gasteiger partial charge on any atom is -0.478 e. The normalized spacial score (nSPS) is 10.5. The summed E-state index contributed by atoms with van der Waals surface area (Å²) in [6.07, 6.45) is 0. The van der Waals surface area contributed by atoms with Crippen molar-refractivity contribution in [1.82, 2.24) is 0 Å². The Morgan fingerprint density at radius 3 is 2.37 bits per heavy atom. The molecule has 0 spiro atoms. The molecular formula is C13H6BrClF2O2. The van der Waals surface area contributed by atoms with Crippen molar-refractivity contribution < 1.29 is 18.7 Å². The number of hydrogen-bond acceptors (Lipinski definition) is 1. The highest BCUT2D eigenvalue weighted by molar-refractivity contribution is 9.10. The Morgan fingerprint density at radius 1 is 1.11 bits per heavy atom. The first-order valence-electron chi connectivity index (χ1n) is 5.09. The van der Waals surface area contributed by atoms with Gasteiger partial charge in [-0.15, -0.1) is 0 Å². The number of hydrogen-bond donors (Lipinski definition) is 1. The molecule has 0 saturated carbocycles. The molecule has 19 heavy (non-hydrogen) atoms. The molecule has 0 aliphatic heterocycles. The topological polar surface area (TPSA) is 37.3 Å². The van der Waals surface area contributed by atoms with E-state index in [1.165, 1.54) is 24.3 Å². The molecule has 0 amide bonds. The molecule has 0 aliphatic rings. The van der Waals surface area contributed by atoms with Crippen LogP contribution in [0.3, 0.4) is 0 Å². The Morgan fingerprint density at radius 2 is 1.74 bits per heavy atom. The minimum absolute atomic E-state index is 0.0891. The van der Waals surface area contributed by atoms with Crippen LogP contribution >= 0.6 is 27.5 Å². The molecular weight excluding hydrogens is 341 g/mol. The van der Waals surface area contributed by atoms with Gasteiger partial charge < -0.3 is 5.11 Å². The lowest BCUT2D eigenvalue weighted by molar-refractivity contribution is 0.0692. The predicted molar refractivity (Wildman–Crippen MR) is 71.5 cm³/mol. The summed E-state index contributed by atoms with van der Waals surface area (Å²) >= 11 is 8.78. The lowest BCUT2D eigenvalue weighted by Crippen LogP contribution is -2.02. The van der Waals surface area contributed by atoms with E-state index in [1.807, 2.05) is 0 Å². The fourth-order valence-corrected chi connectivity index (χ4v) is 2.11. The van der Waals surface area contributed by atoms with Crippen molar-refractivity contribution in [3.05, 3.63) is 57.0 Å². The van der Waals surface area contributed by atoms with E-state index < -0.39 is 23.2 Å². The molecule has 0 aliphatic carbocycles. The molecule has 2 rings (SSSR count). The van der Waals surface area contributed by atoms with Gasteiger partial charge in [0.2, 0.25) is 0 Å². The monoisotopic (exact) mass is 346 g/mol. The predicted octanol–water partition coefficient (Wildman–Crippen LogP) is 4.75. The molecule has 1 N–H and O–H groups in total. The molecule has 0 aromatic heterocycles. The largest absolute Gasteiger partial charge is 0.478 e. The SMILES string of the molecule is O=C(O)c1cccc(-c2ccc(Br)c(Cl)c2F)c1F. The fourth-order valence-electron chi connectivity index (χ4n) is 1.64. The van der Waals surface area contributed by atoms with Crippen LogP contribution in [0.2, 0.25) is 5.02 Å². The van der Waals surface area contributed by atoms with E-state index in [9.17, 15) is 13.6 Å². The second kappa shape index (κ2) is 5.27. The van der Waals surface area contributed by atoms with Crippen LogP contribution in [-0.2, 0) is 0 Å². The van der Waals surface area contributed by atoms with Gasteiger partial charge in [-0.25, -0.2) is 13.6 Å². The number of rotatable bonds is 2. The van der Waals surface area contributed by atoms with Crippen LogP contribution in [0.5, 0.6) is 0 Å². The van der Waals surface area contributed by atoms with Gasteiger partial charge in [0.1, 0.15) is 5.82 Å². The summed E-state index contributed by atoms with van der Waals surface area (Å²) in [5.41, 5.74) is -0.753. The van der Waals surface area contributed by atoms with Crippen LogP contribution in [0, 0.1) is 11.6 Å². The van der Waals surface area contributed by atoms with Crippen LogP contribution < -0.4 is 0 Å². The molecule has 0 radical (unpaired) electrons. The maximum atomic E-state index is 14.0. The molecule has 2 aromatic rings. The first-order chi connectivity index (χ1) is 8.93. The summed E-state index contributed by atoms with van der Waals surface area (Å²) in [4.78, 5) is 10.8. The average Bonchev–Trinajstić information content (AvgIpc) is 2.37. The van der Waals surface area contributed by atoms with E-state index in [0.717, 1.165) is 6.07 Å². The molecule has 0 saturated heterocycles. The molecule has 0 heterocycles. The first-order valence-corrected chi connectivity index (χ1v) is 6.26. The maximum Gasteiger partial charge on any atom is 0.338 e. The Kier molecular flexibility index (Phi) is 3.87. The number of aromatic carboxylic acids is 1. The third-order valence-corrected chi connectivity index (χ3v) is 3.81. The zero-order valence-electron chi connectivity index (χ0n) is 9.25. The molecule has 2 aromatic carbocycles. The molecule has 6 heteroatoms. The van der Waals surface area contributed by atoms with E-state index in [2.05, 4.69) is 15.9 Å². The Labute approximate surface area is 120 Å². The molecule has 0 unspecified atom stereocenters. The van der Waals surface area contributed by atoms with Crippen LogP contribution in [0.25, 0.3) is 11.1 Å². The highest BCUT2D eigenvalue weighted by Gasteiger charge is 2.19. The zero-order valence-corrected chi connectivity index (χ0v) is 11.6. The maximum absolute atomic E-state index is 14.0. The van der Waals surface area contributed by atoms with Crippen LogP contribution in [0.15, 0.2) is 34.8 Å². The molecule has 98 valence electrons. The van der Waals surface area contributed by atoms with Gasteiger partial charge in [-0.1, -0.05) is 29.8 Å². The Hall–Kier alpha value is -1.46. The molecule has 2 nitrogen and oxygen atoms in total. The smallest absolute Gasteiger partial charge is 0.338 e. The fraction of sp³-hybridized carbons (Fsp3) is 0. The van der Waals surface area contributed by atoms with E-state index >= 15 is 0 Å². The number of carbonyl (C=O) groups is 1. The van der Waals surface area contributed by atoms with E-state index in [-0.39, 0.29) is 16.1 Å². The van der Waals surface area contributed by atoms with Crippen molar-refractivity contribution in [1.29, 1.82) is 0 Å². The van der Waals surface area contributed by atoms with Gasteiger partial charge in [0.25, 0.3) is 0 Å². The third kappa shape index (κ3) is 2.48. The Balaban J connectivity index is 2.70. The third-order valence-electron chi connectivity index (χ3n) is 2.55. The van der Waals surface area contributed by atoms with Crippen LogP contribution in [0.4, 0.5) is 8.78 Å². The minimum atomic E-state index is -1.41. The quantitative estimate of drug-likeness (QED) is 0.796. The lowest BCUT2D eigenvalue weighted by Gasteiger charge is -2.09. The van der Waals surface area contributed by atoms with Crippen molar-refractivity contribution in [2.75, 3.05) is 0 Å². The number of benzene rings is 2. The van der Waals surface area contributed by atoms with E-state index in [1.54, 1.807) is 0 Å². The first kappa shape index (κ1) is 14.0. The lowest BCUT2D eigenvalue weighted by atomic mass is 10.0. The summed E-state index contributed by atoms with van der Waals surface area (Å²) in [6, 6.07) is 6.55. The summed E-state index contributed by atoms with van der Waals surface area (Å²) in [5, 5.41) is 8.65. The van der Waals surface area contributed by atoms with Gasteiger partial charge in [0.15, 0.2) is 5.82 Å². The van der Waals surface area contributed by atoms with E-state index in [0.29, 0.717) is 4.47 Å². The van der Waals surface area contributed by atoms with Crippen molar-refractivity contribution >= 4 is 33.5 Å². The van der Waals surface area contributed by atoms with Gasteiger partial charge in [0.05, 0.1) is 10.6 Å². The summed E-state index contributed by atoms with van der Waals surface area (Å²) in [7, 11) is 0. The molecule has 0 fully saturated rings. The van der Waals surface area contributed by atoms with Crippen molar-refractivity contribution in [2.45, 2.75) is 0 Å². The van der Waals surface area contributed by atoms with Gasteiger partial charge in [-0.3, -0.25) is 0 Å². The number of carboxylic acid groups (broad SMARTS) is 1. The zero-order chi connectivity index (χ0) is 14.2.